The quantitative estimate of drug-likeness (QED) is 0.177. The highest BCUT2D eigenvalue weighted by molar-refractivity contribution is 5.94. The summed E-state index contributed by atoms with van der Waals surface area (Å²) in [7, 11) is 0. The number of hydrogen-bond donors (Lipinski definition) is 5. The van der Waals surface area contributed by atoms with E-state index in [4.69, 9.17) is 0 Å². The Hall–Kier alpha value is -3.81. The van der Waals surface area contributed by atoms with Crippen molar-refractivity contribution in [2.24, 2.45) is 11.8 Å². The molecule has 13 heteroatoms. The van der Waals surface area contributed by atoms with Crippen LogP contribution in [0, 0.1) is 11.8 Å². The van der Waals surface area contributed by atoms with Crippen molar-refractivity contribution in [2.75, 3.05) is 0 Å². The van der Waals surface area contributed by atoms with E-state index in [0.29, 0.717) is 35.4 Å². The molecule has 1 heterocycles. The van der Waals surface area contributed by atoms with Gasteiger partial charge in [-0.25, -0.2) is 10.5 Å². The molecule has 1 fully saturated rings. The molecule has 1 aromatic heterocycles. The van der Waals surface area contributed by atoms with Gasteiger partial charge in [0, 0.05) is 0 Å². The molecular weight excluding hydrogens is 557 g/mol. The van der Waals surface area contributed by atoms with Gasteiger partial charge in [-0.1, -0.05) is 31.2 Å². The van der Waals surface area contributed by atoms with Crippen molar-refractivity contribution in [1.82, 2.24) is 20.8 Å². The van der Waals surface area contributed by atoms with Crippen LogP contribution in [-0.2, 0) is 11.2 Å². The molecule has 42 heavy (non-hydrogen) atoms. The van der Waals surface area contributed by atoms with Crippen LogP contribution in [-0.4, -0.2) is 61.3 Å². The maximum absolute atomic E-state index is 13.2. The van der Waals surface area contributed by atoms with Crippen molar-refractivity contribution >= 4 is 22.8 Å². The number of halogens is 3. The maximum Gasteiger partial charge on any atom is 0.573 e. The molecule has 0 saturated heterocycles. The first kappa shape index (κ1) is 31.1. The number of aliphatic hydroxyl groups is 2. The van der Waals surface area contributed by atoms with Gasteiger partial charge < -0.3 is 20.3 Å². The summed E-state index contributed by atoms with van der Waals surface area (Å²) in [6.45, 7) is 2.03. The van der Waals surface area contributed by atoms with Crippen LogP contribution in [0.25, 0.3) is 11.0 Å². The van der Waals surface area contributed by atoms with Crippen molar-refractivity contribution in [1.29, 1.82) is 0 Å². The van der Waals surface area contributed by atoms with Crippen molar-refractivity contribution in [3.63, 3.8) is 0 Å². The Balaban J connectivity index is 1.59. The number of aromatic nitrogens is 2. The largest absolute Gasteiger partial charge is 0.573 e. The lowest BCUT2D eigenvalue weighted by molar-refractivity contribution is -0.274. The Morgan fingerprint density at radius 1 is 1.10 bits per heavy atom. The fraction of sp³-hybridized carbons (Fsp3) is 0.448. The second-order valence-corrected chi connectivity index (χ2v) is 10.8. The summed E-state index contributed by atoms with van der Waals surface area (Å²) in [5.74, 6) is -2.85. The molecule has 1 saturated carbocycles. The van der Waals surface area contributed by atoms with E-state index < -0.39 is 47.6 Å². The van der Waals surface area contributed by atoms with E-state index in [0.717, 1.165) is 12.1 Å². The number of aliphatic hydroxyl groups excluding tert-OH is 1. The Bertz CT molecular complexity index is 1380. The number of rotatable bonds is 10. The zero-order chi connectivity index (χ0) is 30.5. The topological polar surface area (TPSA) is 154 Å². The molecule has 1 aliphatic carbocycles. The first-order valence-corrected chi connectivity index (χ1v) is 13.6. The number of nitrogens with zero attached hydrogens (tertiary/aromatic N) is 2. The van der Waals surface area contributed by atoms with Gasteiger partial charge in [0.1, 0.15) is 11.4 Å². The van der Waals surface area contributed by atoms with E-state index in [1.54, 1.807) is 29.7 Å². The average molecular weight is 591 g/mol. The summed E-state index contributed by atoms with van der Waals surface area (Å²) in [6.07, 6.45) is -3.52. The number of para-hydroxylation sites is 2. The molecule has 5 N–H and O–H groups in total. The number of carbonyl (C=O) groups excluding carboxylic acids is 2. The van der Waals surface area contributed by atoms with Crippen LogP contribution in [0.2, 0.25) is 0 Å². The number of alkyl halides is 3. The van der Waals surface area contributed by atoms with Crippen LogP contribution < -0.4 is 15.5 Å². The summed E-state index contributed by atoms with van der Waals surface area (Å²) >= 11 is 0. The predicted molar refractivity (Wildman–Crippen MR) is 144 cm³/mol. The third-order valence-electron chi connectivity index (χ3n) is 7.77. The molecule has 10 nitrogen and oxygen atoms in total. The van der Waals surface area contributed by atoms with Crippen LogP contribution in [0.15, 0.2) is 54.7 Å². The molecule has 0 aliphatic heterocycles. The van der Waals surface area contributed by atoms with Gasteiger partial charge in [0.25, 0.3) is 5.91 Å². The zero-order valence-corrected chi connectivity index (χ0v) is 22.8. The minimum absolute atomic E-state index is 0.0376. The first-order valence-electron chi connectivity index (χ1n) is 13.6. The second kappa shape index (κ2) is 13.0. The third kappa shape index (κ3) is 7.93. The van der Waals surface area contributed by atoms with Gasteiger partial charge in [0.2, 0.25) is 5.91 Å². The van der Waals surface area contributed by atoms with E-state index in [2.05, 4.69) is 20.0 Å². The predicted octanol–water partition coefficient (Wildman–Crippen LogP) is 3.68. The van der Waals surface area contributed by atoms with Gasteiger partial charge in [-0.05, 0) is 74.3 Å². The van der Waals surface area contributed by atoms with Crippen LogP contribution in [0.1, 0.15) is 55.1 Å². The fourth-order valence-corrected chi connectivity index (χ4v) is 5.34. The minimum Gasteiger partial charge on any atom is -0.406 e. The average Bonchev–Trinajstić information content (AvgIpc) is 2.96. The lowest BCUT2D eigenvalue weighted by Crippen LogP contribution is -2.52. The van der Waals surface area contributed by atoms with Crippen LogP contribution in [0.3, 0.4) is 0 Å². The molecule has 2 amide bonds. The van der Waals surface area contributed by atoms with Crippen molar-refractivity contribution < 1.29 is 42.9 Å². The molecule has 0 spiro atoms. The molecule has 1 aliphatic rings. The molecule has 226 valence electrons. The van der Waals surface area contributed by atoms with E-state index in [1.807, 2.05) is 6.92 Å². The fourth-order valence-electron chi connectivity index (χ4n) is 5.34. The summed E-state index contributed by atoms with van der Waals surface area (Å²) in [5, 5.41) is 34.8. The SMILES string of the molecule is CC1CCC(O)(C(CC(O)C(Cc2ccc(OC(F)(F)F)cc2)NC(=O)c2cnc3ccccc3n2)C(=O)NO)CC1. The van der Waals surface area contributed by atoms with E-state index in [-0.39, 0.29) is 31.4 Å². The van der Waals surface area contributed by atoms with Crippen molar-refractivity contribution in [3.8, 4) is 5.75 Å². The number of ether oxygens (including phenoxy) is 1. The number of carbonyl (C=O) groups is 2. The lowest BCUT2D eigenvalue weighted by atomic mass is 9.70. The van der Waals surface area contributed by atoms with Gasteiger partial charge >= 0.3 is 6.36 Å². The number of fused-ring (bicyclic) bond motifs is 1. The van der Waals surface area contributed by atoms with E-state index >= 15 is 0 Å². The summed E-state index contributed by atoms with van der Waals surface area (Å²) in [4.78, 5) is 34.5. The molecular formula is C29H33F3N4O6. The zero-order valence-electron chi connectivity index (χ0n) is 22.8. The van der Waals surface area contributed by atoms with Crippen molar-refractivity contribution in [2.45, 2.75) is 69.6 Å². The van der Waals surface area contributed by atoms with Gasteiger partial charge in [0.05, 0.1) is 40.9 Å². The number of nitrogens with one attached hydrogen (secondary N) is 2. The molecule has 0 bridgehead atoms. The molecule has 4 rings (SSSR count). The first-order chi connectivity index (χ1) is 19.9. The summed E-state index contributed by atoms with van der Waals surface area (Å²) in [6, 6.07) is 10.8. The van der Waals surface area contributed by atoms with Gasteiger partial charge in [0.15, 0.2) is 0 Å². The lowest BCUT2D eigenvalue weighted by Gasteiger charge is -2.41. The molecule has 3 aromatic rings. The van der Waals surface area contributed by atoms with Crippen LogP contribution >= 0.6 is 0 Å². The maximum atomic E-state index is 13.2. The minimum atomic E-state index is -4.87. The number of hydroxylamine groups is 1. The molecule has 0 radical (unpaired) electrons. The number of amides is 2. The summed E-state index contributed by atoms with van der Waals surface area (Å²) in [5.41, 5.74) is 1.54. The normalized spacial score (nSPS) is 21.3. The van der Waals surface area contributed by atoms with Crippen molar-refractivity contribution in [3.05, 3.63) is 66.0 Å². The highest BCUT2D eigenvalue weighted by Gasteiger charge is 2.45. The van der Waals surface area contributed by atoms with Gasteiger partial charge in [-0.3, -0.25) is 19.8 Å². The standard InChI is InChI=1S/C29H33F3N4O6/c1-17-10-12-28(40,13-11-17)20(26(38)36-41)15-25(37)23(14-18-6-8-19(9-7-18)42-29(30,31)32)35-27(39)24-16-33-21-4-2-3-5-22(21)34-24/h2-9,16-17,20,23,25,37,40-41H,10-15H2,1H3,(H,35,39)(H,36,38). The number of benzene rings is 2. The Labute approximate surface area is 239 Å². The van der Waals surface area contributed by atoms with E-state index in [1.165, 1.54) is 18.3 Å². The van der Waals surface area contributed by atoms with Crippen LogP contribution in [0.5, 0.6) is 5.75 Å². The monoisotopic (exact) mass is 590 g/mol. The van der Waals surface area contributed by atoms with Gasteiger partial charge in [-0.15, -0.1) is 13.2 Å². The Morgan fingerprint density at radius 3 is 2.36 bits per heavy atom. The summed E-state index contributed by atoms with van der Waals surface area (Å²) < 4.78 is 41.7. The second-order valence-electron chi connectivity index (χ2n) is 10.8. The third-order valence-corrected chi connectivity index (χ3v) is 7.77. The van der Waals surface area contributed by atoms with E-state index in [9.17, 15) is 38.2 Å². The molecule has 3 unspecified atom stereocenters. The highest BCUT2D eigenvalue weighted by Crippen LogP contribution is 2.39. The Morgan fingerprint density at radius 2 is 1.74 bits per heavy atom. The molecule has 3 atom stereocenters. The highest BCUT2D eigenvalue weighted by atomic mass is 19.4. The number of hydrogen-bond acceptors (Lipinski definition) is 8. The van der Waals surface area contributed by atoms with Crippen LogP contribution in [0.4, 0.5) is 13.2 Å². The molecule has 2 aromatic carbocycles. The smallest absolute Gasteiger partial charge is 0.406 e. The van der Waals surface area contributed by atoms with Gasteiger partial charge in [-0.2, -0.15) is 0 Å². The Kier molecular flexibility index (Phi) is 9.64.